The molecule has 0 radical (unpaired) electrons. The molecule has 1 aromatic heterocycles. The summed E-state index contributed by atoms with van der Waals surface area (Å²) >= 11 is 0. The fraction of sp³-hybridized carbons (Fsp3) is 0.667. The first-order valence-corrected chi connectivity index (χ1v) is 11.4. The quantitative estimate of drug-likeness (QED) is 0.683. The minimum Gasteiger partial charge on any atom is -0.378 e. The maximum Gasteiger partial charge on any atom is 0.130 e. The lowest BCUT2D eigenvalue weighted by Crippen LogP contribution is -2.56. The first kappa shape index (κ1) is 29.0. The molecule has 7 nitrogen and oxygen atoms in total. The molecule has 0 spiro atoms. The van der Waals surface area contributed by atoms with Gasteiger partial charge in [-0.2, -0.15) is 0 Å². The monoisotopic (exact) mass is 435 g/mol. The predicted molar refractivity (Wildman–Crippen MR) is 133 cm³/mol. The number of hydrogen-bond acceptors (Lipinski definition) is 7. The number of aldehydes is 1. The van der Waals surface area contributed by atoms with Gasteiger partial charge in [-0.15, -0.1) is 0 Å². The number of piperazine rings is 1. The highest BCUT2D eigenvalue weighted by Gasteiger charge is 2.28. The molecule has 2 saturated heterocycles. The molecule has 3 heterocycles. The minimum absolute atomic E-state index is 0.650. The topological polar surface area (TPSA) is 60.9 Å². The molecule has 0 atom stereocenters. The standard InChI is InChI=1S/C15H22N4O.C5H13N.C2H4O.C2H6/c1-12(2)17-15-4-3-13(9-16-15)18-5-7-19(8-6-18)14-10-20-11-14;1-4-5-6(2)3;1-2-3;1-2/h3-4,9,14H,1,5-8,10-11H2,2H3,(H,16,17);4-5H2,1-3H3;2H,1H3;1-2H3. The normalized spacial score (nSPS) is 15.8. The molecule has 0 aromatic carbocycles. The van der Waals surface area contributed by atoms with Crippen molar-refractivity contribution >= 4 is 17.8 Å². The van der Waals surface area contributed by atoms with Crippen molar-refractivity contribution in [3.63, 3.8) is 0 Å². The van der Waals surface area contributed by atoms with Crippen LogP contribution in [0.1, 0.15) is 41.0 Å². The number of carbonyl (C=O) groups excluding carboxylic acids is 1. The van der Waals surface area contributed by atoms with Gasteiger partial charge in [0.2, 0.25) is 0 Å². The lowest BCUT2D eigenvalue weighted by atomic mass is 10.2. The van der Waals surface area contributed by atoms with E-state index >= 15 is 0 Å². The number of pyridine rings is 1. The maximum absolute atomic E-state index is 8.81. The van der Waals surface area contributed by atoms with E-state index in [4.69, 9.17) is 9.53 Å². The van der Waals surface area contributed by atoms with Crippen molar-refractivity contribution in [3.05, 3.63) is 30.6 Å². The third-order valence-corrected chi connectivity index (χ3v) is 4.58. The molecule has 7 heteroatoms. The van der Waals surface area contributed by atoms with Crippen LogP contribution in [0.25, 0.3) is 0 Å². The predicted octanol–water partition coefficient (Wildman–Crippen LogP) is 3.74. The number of nitrogens with zero attached hydrogens (tertiary/aromatic N) is 4. The van der Waals surface area contributed by atoms with Crippen LogP contribution in [0.4, 0.5) is 11.5 Å². The van der Waals surface area contributed by atoms with Crippen molar-refractivity contribution in [2.75, 3.05) is 70.2 Å². The Labute approximate surface area is 190 Å². The number of rotatable bonds is 6. The van der Waals surface area contributed by atoms with E-state index in [1.54, 1.807) is 0 Å². The smallest absolute Gasteiger partial charge is 0.130 e. The molecule has 1 N–H and O–H groups in total. The van der Waals surface area contributed by atoms with Crippen molar-refractivity contribution < 1.29 is 9.53 Å². The zero-order valence-electron chi connectivity index (χ0n) is 20.9. The molecular weight excluding hydrogens is 390 g/mol. The van der Waals surface area contributed by atoms with Gasteiger partial charge in [0.05, 0.1) is 31.1 Å². The minimum atomic E-state index is 0.650. The highest BCUT2D eigenvalue weighted by molar-refractivity contribution is 5.51. The summed E-state index contributed by atoms with van der Waals surface area (Å²) in [5, 5.41) is 3.13. The number of anilines is 2. The van der Waals surface area contributed by atoms with E-state index in [0.29, 0.717) is 6.04 Å². The fourth-order valence-electron chi connectivity index (χ4n) is 3.09. The van der Waals surface area contributed by atoms with Crippen LogP contribution in [0.2, 0.25) is 0 Å². The molecule has 31 heavy (non-hydrogen) atoms. The van der Waals surface area contributed by atoms with Crippen LogP contribution in [0.5, 0.6) is 0 Å². The first-order valence-electron chi connectivity index (χ1n) is 11.4. The summed E-state index contributed by atoms with van der Waals surface area (Å²) in [7, 11) is 4.17. The molecule has 0 aliphatic carbocycles. The third-order valence-electron chi connectivity index (χ3n) is 4.58. The Bertz CT molecular complexity index is 580. The first-order chi connectivity index (χ1) is 14.9. The van der Waals surface area contributed by atoms with Crippen molar-refractivity contribution in [1.29, 1.82) is 0 Å². The van der Waals surface area contributed by atoms with E-state index in [9.17, 15) is 0 Å². The zero-order chi connectivity index (χ0) is 23.6. The third kappa shape index (κ3) is 12.5. The van der Waals surface area contributed by atoms with Gasteiger partial charge in [0, 0.05) is 31.9 Å². The van der Waals surface area contributed by atoms with Gasteiger partial charge in [0.25, 0.3) is 0 Å². The molecule has 2 aliphatic rings. The van der Waals surface area contributed by atoms with E-state index in [1.165, 1.54) is 25.6 Å². The summed E-state index contributed by atoms with van der Waals surface area (Å²) in [6.45, 7) is 20.7. The molecule has 2 aliphatic heterocycles. The molecule has 0 bridgehead atoms. The van der Waals surface area contributed by atoms with Gasteiger partial charge in [-0.3, -0.25) is 4.90 Å². The lowest BCUT2D eigenvalue weighted by molar-refractivity contribution is -0.106. The second-order valence-corrected chi connectivity index (χ2v) is 7.56. The molecule has 2 fully saturated rings. The summed E-state index contributed by atoms with van der Waals surface area (Å²) in [4.78, 5) is 20.3. The number of carbonyl (C=O) groups is 1. The van der Waals surface area contributed by atoms with E-state index < -0.39 is 0 Å². The Balaban J connectivity index is 0.000000692. The summed E-state index contributed by atoms with van der Waals surface area (Å²) in [6, 6.07) is 4.79. The molecular formula is C24H45N5O2. The molecule has 3 rings (SSSR count). The summed E-state index contributed by atoms with van der Waals surface area (Å²) in [5.74, 6) is 0.853. The van der Waals surface area contributed by atoms with Gasteiger partial charge in [0.15, 0.2) is 0 Å². The average molecular weight is 436 g/mol. The number of ether oxygens (including phenoxy) is 1. The summed E-state index contributed by atoms with van der Waals surface area (Å²) < 4.78 is 5.27. The zero-order valence-corrected chi connectivity index (χ0v) is 20.9. The van der Waals surface area contributed by atoms with Gasteiger partial charge in [-0.25, -0.2) is 4.98 Å². The summed E-state index contributed by atoms with van der Waals surface area (Å²) in [5.41, 5.74) is 2.10. The maximum atomic E-state index is 8.81. The van der Waals surface area contributed by atoms with Crippen molar-refractivity contribution in [2.45, 2.75) is 47.1 Å². The molecule has 0 saturated carbocycles. The van der Waals surface area contributed by atoms with Crippen molar-refractivity contribution in [1.82, 2.24) is 14.8 Å². The largest absolute Gasteiger partial charge is 0.378 e. The van der Waals surface area contributed by atoms with Crippen LogP contribution in [0.15, 0.2) is 30.6 Å². The Morgan fingerprint density at radius 3 is 2.16 bits per heavy atom. The number of hydrogen-bond donors (Lipinski definition) is 1. The van der Waals surface area contributed by atoms with Gasteiger partial charge >= 0.3 is 0 Å². The highest BCUT2D eigenvalue weighted by atomic mass is 16.5. The van der Waals surface area contributed by atoms with Crippen LogP contribution in [0, 0.1) is 0 Å². The highest BCUT2D eigenvalue weighted by Crippen LogP contribution is 2.20. The van der Waals surface area contributed by atoms with E-state index in [0.717, 1.165) is 57.2 Å². The van der Waals surface area contributed by atoms with Gasteiger partial charge in [0.1, 0.15) is 12.1 Å². The van der Waals surface area contributed by atoms with Crippen LogP contribution >= 0.6 is 0 Å². The SMILES string of the molecule is C=C(C)Nc1ccc(N2CCN(C3COC3)CC2)cn1.CC.CC=O.CCCN(C)C. The second kappa shape index (κ2) is 17.7. The van der Waals surface area contributed by atoms with Gasteiger partial charge in [-0.1, -0.05) is 27.4 Å². The van der Waals surface area contributed by atoms with Crippen LogP contribution in [-0.4, -0.2) is 87.1 Å². The van der Waals surface area contributed by atoms with E-state index in [2.05, 4.69) is 58.7 Å². The van der Waals surface area contributed by atoms with E-state index in [-0.39, 0.29) is 0 Å². The van der Waals surface area contributed by atoms with Gasteiger partial charge < -0.3 is 24.6 Å². The van der Waals surface area contributed by atoms with Crippen LogP contribution in [-0.2, 0) is 9.53 Å². The second-order valence-electron chi connectivity index (χ2n) is 7.56. The molecule has 0 unspecified atom stereocenters. The Morgan fingerprint density at radius 1 is 1.26 bits per heavy atom. The van der Waals surface area contributed by atoms with Crippen molar-refractivity contribution in [2.24, 2.45) is 0 Å². The number of allylic oxidation sites excluding steroid dienone is 1. The lowest BCUT2D eigenvalue weighted by Gasteiger charge is -2.43. The fourth-order valence-corrected chi connectivity index (χ4v) is 3.09. The average Bonchev–Trinajstić information content (AvgIpc) is 2.70. The Hall–Kier alpha value is -1.96. The van der Waals surface area contributed by atoms with Crippen LogP contribution in [0.3, 0.4) is 0 Å². The van der Waals surface area contributed by atoms with E-state index in [1.807, 2.05) is 33.0 Å². The Morgan fingerprint density at radius 2 is 1.84 bits per heavy atom. The molecule has 1 aromatic rings. The molecule has 178 valence electrons. The van der Waals surface area contributed by atoms with Crippen molar-refractivity contribution in [3.8, 4) is 0 Å². The number of nitrogens with one attached hydrogen (secondary N) is 1. The number of aromatic nitrogens is 1. The van der Waals surface area contributed by atoms with Gasteiger partial charge in [-0.05, 0) is 53.0 Å². The Kier molecular flexibility index (Phi) is 16.6. The summed E-state index contributed by atoms with van der Waals surface area (Å²) in [6.07, 6.45) is 3.94. The van der Waals surface area contributed by atoms with Crippen LogP contribution < -0.4 is 10.2 Å². The molecule has 0 amide bonds.